The second-order valence-corrected chi connectivity index (χ2v) is 22.2. The summed E-state index contributed by atoms with van der Waals surface area (Å²) in [7, 11) is 0. The molecule has 2 heterocycles. The number of alkyl halides is 3. The number of hydrogen-bond acceptors (Lipinski definition) is 3. The van der Waals surface area contributed by atoms with Crippen molar-refractivity contribution >= 4 is 22.1 Å². The van der Waals surface area contributed by atoms with Crippen LogP contribution in [0.25, 0.3) is 22.9 Å². The van der Waals surface area contributed by atoms with E-state index in [1.807, 2.05) is 6.20 Å². The standard InChI is InChI=1S/C14H7F4N4.3C4H9.Sn/c15-9-3-1-8(2-4-9)10-7-11(14(16,17)18)22-13(21-10)12-19-5-6-20-12;3*1-3-4-2;/h1-5,7H,(H,19,20);3*1,3-4H2,2H3;. The van der Waals surface area contributed by atoms with Crippen LogP contribution >= 0.6 is 0 Å². The van der Waals surface area contributed by atoms with E-state index in [9.17, 15) is 17.6 Å². The van der Waals surface area contributed by atoms with Gasteiger partial charge in [-0.2, -0.15) is 0 Å². The molecule has 0 radical (unpaired) electrons. The number of nitrogens with one attached hydrogen (secondary N) is 1. The maximum atomic E-state index is 13.7. The average Bonchev–Trinajstić information content (AvgIpc) is 3.34. The minimum atomic E-state index is -4.64. The van der Waals surface area contributed by atoms with Crippen LogP contribution in [0.2, 0.25) is 13.3 Å². The molecule has 2 aromatic heterocycles. The number of nitrogens with zero attached hydrogens (tertiary/aromatic N) is 3. The van der Waals surface area contributed by atoms with Crippen molar-refractivity contribution < 1.29 is 17.6 Å². The first-order chi connectivity index (χ1) is 16.7. The monoisotopic (exact) mass is 598 g/mol. The number of H-pyrrole nitrogens is 1. The minimum absolute atomic E-state index is 0.0815. The number of aromatic amines is 1. The summed E-state index contributed by atoms with van der Waals surface area (Å²) < 4.78 is 59.1. The van der Waals surface area contributed by atoms with Gasteiger partial charge in [0.25, 0.3) is 0 Å². The Balaban J connectivity index is 2.08. The molecule has 0 spiro atoms. The van der Waals surface area contributed by atoms with Crippen LogP contribution < -0.4 is 3.71 Å². The fraction of sp³-hybridized carbons (Fsp3) is 0.500. The van der Waals surface area contributed by atoms with E-state index in [4.69, 9.17) is 4.98 Å². The summed E-state index contributed by atoms with van der Waals surface area (Å²) in [6, 6.07) is 6.13. The van der Waals surface area contributed by atoms with Gasteiger partial charge in [-0.15, -0.1) is 0 Å². The van der Waals surface area contributed by atoms with Crippen LogP contribution in [0, 0.1) is 5.82 Å². The van der Waals surface area contributed by atoms with E-state index < -0.39 is 36.1 Å². The third-order valence-corrected chi connectivity index (χ3v) is 21.6. The molecule has 0 amide bonds. The molecule has 3 rings (SSSR count). The van der Waals surface area contributed by atoms with Crippen LogP contribution in [0.3, 0.4) is 0 Å². The topological polar surface area (TPSA) is 54.5 Å². The van der Waals surface area contributed by atoms with Crippen LogP contribution in [-0.4, -0.2) is 38.3 Å². The molecular formula is C26H34F4N4Sn. The van der Waals surface area contributed by atoms with Gasteiger partial charge < -0.3 is 0 Å². The molecule has 190 valence electrons. The molecule has 0 saturated heterocycles. The maximum absolute atomic E-state index is 13.7. The number of imidazole rings is 1. The van der Waals surface area contributed by atoms with Gasteiger partial charge in [0, 0.05) is 0 Å². The number of unbranched alkanes of at least 4 members (excludes halogenated alkanes) is 3. The van der Waals surface area contributed by atoms with Crippen LogP contribution in [0.4, 0.5) is 17.6 Å². The molecule has 0 fully saturated rings. The van der Waals surface area contributed by atoms with Crippen LogP contribution in [0.1, 0.15) is 65.0 Å². The summed E-state index contributed by atoms with van der Waals surface area (Å²) in [6.45, 7) is 6.58. The quantitative estimate of drug-likeness (QED) is 0.172. The third-order valence-electron chi connectivity index (χ3n) is 6.52. The Hall–Kier alpha value is -1.97. The second-order valence-electron chi connectivity index (χ2n) is 9.19. The summed E-state index contributed by atoms with van der Waals surface area (Å²) >= 11 is -2.87. The van der Waals surface area contributed by atoms with Crippen molar-refractivity contribution in [2.45, 2.75) is 78.8 Å². The molecule has 0 aliphatic rings. The summed E-state index contributed by atoms with van der Waals surface area (Å²) in [5, 5.41) is 0. The van der Waals surface area contributed by atoms with Gasteiger partial charge in [-0.1, -0.05) is 0 Å². The normalized spacial score (nSPS) is 12.3. The second kappa shape index (κ2) is 12.3. The molecule has 9 heteroatoms. The number of hydrogen-bond donors (Lipinski definition) is 1. The van der Waals surface area contributed by atoms with Crippen molar-refractivity contribution in [3.8, 4) is 22.9 Å². The first kappa shape index (κ1) is 27.6. The molecule has 4 nitrogen and oxygen atoms in total. The molecular weight excluding hydrogens is 563 g/mol. The zero-order valence-corrected chi connectivity index (χ0v) is 23.5. The zero-order chi connectivity index (χ0) is 25.5. The van der Waals surface area contributed by atoms with E-state index in [0.717, 1.165) is 48.3 Å². The Kier molecular flexibility index (Phi) is 9.72. The molecule has 1 N–H and O–H groups in total. The fourth-order valence-corrected chi connectivity index (χ4v) is 19.7. The molecule has 3 aromatic rings. The fourth-order valence-electron chi connectivity index (χ4n) is 4.48. The Morgan fingerprint density at radius 1 is 0.829 bits per heavy atom. The Bertz CT molecular complexity index is 1060. The molecule has 0 bridgehead atoms. The van der Waals surface area contributed by atoms with E-state index in [1.165, 1.54) is 37.6 Å². The Morgan fingerprint density at radius 3 is 1.91 bits per heavy atom. The summed E-state index contributed by atoms with van der Waals surface area (Å²) in [5.41, 5.74) is -0.579. The van der Waals surface area contributed by atoms with E-state index in [1.54, 1.807) is 0 Å². The SMILES string of the molecule is CCC[CH2][Sn]([CH2]CCC)([CH2]CCC)[c]1c[nH]c(-c2nc(-c3ccc(F)cc3)cc(C(F)(F)F)n2)n1. The van der Waals surface area contributed by atoms with Gasteiger partial charge in [-0.3, -0.25) is 0 Å². The van der Waals surface area contributed by atoms with Gasteiger partial charge in [0.1, 0.15) is 0 Å². The van der Waals surface area contributed by atoms with Crippen LogP contribution in [0.5, 0.6) is 0 Å². The van der Waals surface area contributed by atoms with Gasteiger partial charge in [0.2, 0.25) is 0 Å². The first-order valence-corrected chi connectivity index (χ1v) is 20.0. The van der Waals surface area contributed by atoms with Crippen molar-refractivity contribution in [2.75, 3.05) is 0 Å². The number of halogens is 4. The van der Waals surface area contributed by atoms with Crippen LogP contribution in [0.15, 0.2) is 36.5 Å². The third kappa shape index (κ3) is 7.04. The van der Waals surface area contributed by atoms with E-state index in [-0.39, 0.29) is 17.3 Å². The number of aromatic nitrogens is 4. The van der Waals surface area contributed by atoms with Crippen molar-refractivity contribution in [1.82, 2.24) is 19.9 Å². The van der Waals surface area contributed by atoms with E-state index >= 15 is 0 Å². The summed E-state index contributed by atoms with van der Waals surface area (Å²) in [5.74, 6) is -0.295. The molecule has 0 aliphatic heterocycles. The Morgan fingerprint density at radius 2 is 1.40 bits per heavy atom. The molecule has 0 aliphatic carbocycles. The Labute approximate surface area is 208 Å². The van der Waals surface area contributed by atoms with Crippen molar-refractivity contribution in [2.24, 2.45) is 0 Å². The predicted molar refractivity (Wildman–Crippen MR) is 135 cm³/mol. The summed E-state index contributed by atoms with van der Waals surface area (Å²) in [6.07, 6.45) is 4.08. The van der Waals surface area contributed by atoms with E-state index in [2.05, 4.69) is 35.7 Å². The number of rotatable bonds is 12. The van der Waals surface area contributed by atoms with Gasteiger partial charge in [-0.05, 0) is 0 Å². The van der Waals surface area contributed by atoms with Gasteiger partial charge in [0.05, 0.1) is 0 Å². The van der Waals surface area contributed by atoms with Crippen LogP contribution in [-0.2, 0) is 6.18 Å². The van der Waals surface area contributed by atoms with Crippen molar-refractivity contribution in [1.29, 1.82) is 0 Å². The van der Waals surface area contributed by atoms with Gasteiger partial charge >= 0.3 is 209 Å². The van der Waals surface area contributed by atoms with Crippen molar-refractivity contribution in [3.63, 3.8) is 0 Å². The molecule has 0 unspecified atom stereocenters. The van der Waals surface area contributed by atoms with Crippen molar-refractivity contribution in [3.05, 3.63) is 48.0 Å². The predicted octanol–water partition coefficient (Wildman–Crippen LogP) is 7.75. The van der Waals surface area contributed by atoms with Gasteiger partial charge in [-0.25, -0.2) is 0 Å². The zero-order valence-electron chi connectivity index (χ0n) is 20.7. The molecule has 1 aromatic carbocycles. The van der Waals surface area contributed by atoms with Gasteiger partial charge in [0.15, 0.2) is 0 Å². The van der Waals surface area contributed by atoms with E-state index in [0.29, 0.717) is 5.56 Å². The number of benzene rings is 1. The molecule has 35 heavy (non-hydrogen) atoms. The molecule has 0 saturated carbocycles. The molecule has 0 atom stereocenters. The average molecular weight is 597 g/mol. The first-order valence-electron chi connectivity index (χ1n) is 12.5. The summed E-state index contributed by atoms with van der Waals surface area (Å²) in [4.78, 5) is 16.2.